The zero-order valence-electron chi connectivity index (χ0n) is 7.57. The second kappa shape index (κ2) is 4.04. The van der Waals surface area contributed by atoms with Crippen molar-refractivity contribution in [1.82, 2.24) is 10.2 Å². The highest BCUT2D eigenvalue weighted by Gasteiger charge is 2.12. The van der Waals surface area contributed by atoms with E-state index in [1.807, 2.05) is 13.8 Å². The van der Waals surface area contributed by atoms with Crippen molar-refractivity contribution >= 4 is 5.97 Å². The number of aromatic carboxylic acids is 1. The lowest BCUT2D eigenvalue weighted by Crippen LogP contribution is -2.06. The molecule has 0 saturated heterocycles. The monoisotopic (exact) mass is 184 g/mol. The Balaban J connectivity index is 2.65. The second-order valence-electron chi connectivity index (χ2n) is 2.93. The van der Waals surface area contributed by atoms with Crippen LogP contribution in [0.1, 0.15) is 29.9 Å². The molecule has 0 unspecified atom stereocenters. The van der Waals surface area contributed by atoms with Gasteiger partial charge in [-0.2, -0.15) is 5.10 Å². The van der Waals surface area contributed by atoms with Crippen LogP contribution in [0.4, 0.5) is 0 Å². The molecule has 0 aliphatic carbocycles. The lowest BCUT2D eigenvalue weighted by molar-refractivity contribution is 0.0592. The first kappa shape index (κ1) is 9.73. The summed E-state index contributed by atoms with van der Waals surface area (Å²) in [6.07, 6.45) is 1.35. The number of H-pyrrole nitrogens is 1. The zero-order chi connectivity index (χ0) is 9.84. The van der Waals surface area contributed by atoms with Crippen LogP contribution in [0.25, 0.3) is 0 Å². The topological polar surface area (TPSA) is 75.2 Å². The highest BCUT2D eigenvalue weighted by atomic mass is 16.5. The first-order valence-corrected chi connectivity index (χ1v) is 3.98. The van der Waals surface area contributed by atoms with E-state index in [0.29, 0.717) is 5.69 Å². The predicted octanol–water partition coefficient (Wildman–Crippen LogP) is 1.03. The van der Waals surface area contributed by atoms with Crippen LogP contribution in [-0.2, 0) is 11.3 Å². The molecule has 5 heteroatoms. The number of hydrogen-bond acceptors (Lipinski definition) is 3. The van der Waals surface area contributed by atoms with Gasteiger partial charge in [0, 0.05) is 0 Å². The first-order valence-electron chi connectivity index (χ1n) is 3.98. The molecule has 1 heterocycles. The molecule has 0 aromatic carbocycles. The molecule has 0 spiro atoms. The molecular weight excluding hydrogens is 172 g/mol. The van der Waals surface area contributed by atoms with Crippen molar-refractivity contribution in [3.8, 4) is 0 Å². The van der Waals surface area contributed by atoms with E-state index < -0.39 is 5.97 Å². The molecule has 5 nitrogen and oxygen atoms in total. The second-order valence-corrected chi connectivity index (χ2v) is 2.93. The Kier molecular flexibility index (Phi) is 3.02. The maximum Gasteiger partial charge on any atom is 0.339 e. The fraction of sp³-hybridized carbons (Fsp3) is 0.500. The minimum Gasteiger partial charge on any atom is -0.478 e. The van der Waals surface area contributed by atoms with Crippen molar-refractivity contribution in [2.24, 2.45) is 0 Å². The number of aromatic nitrogens is 2. The van der Waals surface area contributed by atoms with Gasteiger partial charge in [0.1, 0.15) is 5.56 Å². The summed E-state index contributed by atoms with van der Waals surface area (Å²) in [4.78, 5) is 10.6. The van der Waals surface area contributed by atoms with E-state index in [1.165, 1.54) is 6.20 Å². The summed E-state index contributed by atoms with van der Waals surface area (Å²) in [5.74, 6) is -0.990. The average molecular weight is 184 g/mol. The number of ether oxygens (including phenoxy) is 1. The average Bonchev–Trinajstić information content (AvgIpc) is 2.47. The molecule has 0 saturated carbocycles. The van der Waals surface area contributed by atoms with E-state index in [9.17, 15) is 4.79 Å². The Bertz CT molecular complexity index is 293. The van der Waals surface area contributed by atoms with E-state index in [1.54, 1.807) is 0 Å². The maximum absolute atomic E-state index is 10.6. The quantitative estimate of drug-likeness (QED) is 0.732. The predicted molar refractivity (Wildman–Crippen MR) is 45.5 cm³/mol. The largest absolute Gasteiger partial charge is 0.478 e. The summed E-state index contributed by atoms with van der Waals surface area (Å²) < 4.78 is 5.24. The fourth-order valence-electron chi connectivity index (χ4n) is 0.857. The third kappa shape index (κ3) is 2.55. The van der Waals surface area contributed by atoms with Gasteiger partial charge in [0.2, 0.25) is 0 Å². The Hall–Kier alpha value is -1.36. The molecule has 72 valence electrons. The summed E-state index contributed by atoms with van der Waals surface area (Å²) in [6, 6.07) is 0. The van der Waals surface area contributed by atoms with E-state index in [-0.39, 0.29) is 18.3 Å². The van der Waals surface area contributed by atoms with Crippen LogP contribution in [0.3, 0.4) is 0 Å². The summed E-state index contributed by atoms with van der Waals surface area (Å²) >= 11 is 0. The maximum atomic E-state index is 10.6. The minimum absolute atomic E-state index is 0.0740. The number of carboxylic acids is 1. The van der Waals surface area contributed by atoms with Crippen LogP contribution in [0.2, 0.25) is 0 Å². The van der Waals surface area contributed by atoms with Crippen LogP contribution in [0.5, 0.6) is 0 Å². The van der Waals surface area contributed by atoms with Crippen molar-refractivity contribution < 1.29 is 14.6 Å². The van der Waals surface area contributed by atoms with Crippen LogP contribution < -0.4 is 0 Å². The fourth-order valence-corrected chi connectivity index (χ4v) is 0.857. The Morgan fingerprint density at radius 1 is 1.77 bits per heavy atom. The van der Waals surface area contributed by atoms with Gasteiger partial charge in [-0.15, -0.1) is 0 Å². The smallest absolute Gasteiger partial charge is 0.339 e. The van der Waals surface area contributed by atoms with Gasteiger partial charge in [-0.1, -0.05) is 0 Å². The number of nitrogens with zero attached hydrogens (tertiary/aromatic N) is 1. The van der Waals surface area contributed by atoms with Gasteiger partial charge >= 0.3 is 5.97 Å². The van der Waals surface area contributed by atoms with Gasteiger partial charge in [0.15, 0.2) is 0 Å². The zero-order valence-corrected chi connectivity index (χ0v) is 7.57. The molecule has 0 aliphatic rings. The molecule has 0 bridgehead atoms. The van der Waals surface area contributed by atoms with Crippen LogP contribution in [-0.4, -0.2) is 27.4 Å². The van der Waals surface area contributed by atoms with E-state index in [2.05, 4.69) is 10.2 Å². The van der Waals surface area contributed by atoms with Crippen molar-refractivity contribution in [3.05, 3.63) is 17.5 Å². The molecule has 0 radical (unpaired) electrons. The van der Waals surface area contributed by atoms with Gasteiger partial charge in [-0.25, -0.2) is 4.79 Å². The molecule has 1 aromatic heterocycles. The van der Waals surface area contributed by atoms with Crippen molar-refractivity contribution in [1.29, 1.82) is 0 Å². The molecule has 13 heavy (non-hydrogen) atoms. The third-order valence-electron chi connectivity index (χ3n) is 1.51. The molecule has 1 aromatic rings. The number of aromatic amines is 1. The van der Waals surface area contributed by atoms with Gasteiger partial charge in [-0.05, 0) is 13.8 Å². The Morgan fingerprint density at radius 2 is 2.46 bits per heavy atom. The van der Waals surface area contributed by atoms with E-state index >= 15 is 0 Å². The molecule has 0 atom stereocenters. The van der Waals surface area contributed by atoms with Crippen LogP contribution in [0.15, 0.2) is 6.20 Å². The number of carbonyl (C=O) groups is 1. The lowest BCUT2D eigenvalue weighted by Gasteiger charge is -2.05. The first-order chi connectivity index (χ1) is 6.11. The summed E-state index contributed by atoms with van der Waals surface area (Å²) in [6.45, 7) is 4.02. The van der Waals surface area contributed by atoms with Crippen molar-refractivity contribution in [3.63, 3.8) is 0 Å². The number of hydrogen-bond donors (Lipinski definition) is 2. The number of nitrogens with one attached hydrogen (secondary N) is 1. The van der Waals surface area contributed by atoms with E-state index in [4.69, 9.17) is 9.84 Å². The summed E-state index contributed by atoms with van der Waals surface area (Å²) in [7, 11) is 0. The van der Waals surface area contributed by atoms with Gasteiger partial charge in [-0.3, -0.25) is 5.10 Å². The molecule has 0 amide bonds. The number of rotatable bonds is 4. The molecule has 2 N–H and O–H groups in total. The Labute approximate surface area is 75.7 Å². The highest BCUT2D eigenvalue weighted by molar-refractivity contribution is 5.88. The van der Waals surface area contributed by atoms with Gasteiger partial charge in [0.05, 0.1) is 24.6 Å². The summed E-state index contributed by atoms with van der Waals surface area (Å²) in [5.41, 5.74) is 0.668. The standard InChI is InChI=1S/C8H12N2O3/c1-5(2)13-4-7-6(8(11)12)3-9-10-7/h3,5H,4H2,1-2H3,(H,9,10)(H,11,12). The van der Waals surface area contributed by atoms with E-state index in [0.717, 1.165) is 0 Å². The minimum atomic E-state index is -0.990. The molecule has 0 aliphatic heterocycles. The molecular formula is C8H12N2O3. The van der Waals surface area contributed by atoms with Gasteiger partial charge in [0.25, 0.3) is 0 Å². The van der Waals surface area contributed by atoms with Crippen molar-refractivity contribution in [2.75, 3.05) is 0 Å². The normalized spacial score (nSPS) is 10.7. The molecule has 0 fully saturated rings. The summed E-state index contributed by atoms with van der Waals surface area (Å²) in [5, 5.41) is 14.9. The van der Waals surface area contributed by atoms with Gasteiger partial charge < -0.3 is 9.84 Å². The third-order valence-corrected chi connectivity index (χ3v) is 1.51. The van der Waals surface area contributed by atoms with Crippen LogP contribution in [0, 0.1) is 0 Å². The SMILES string of the molecule is CC(C)OCc1[nH]ncc1C(=O)O. The number of carboxylic acid groups (broad SMARTS) is 1. The van der Waals surface area contributed by atoms with Crippen molar-refractivity contribution in [2.45, 2.75) is 26.6 Å². The molecule has 1 rings (SSSR count). The highest BCUT2D eigenvalue weighted by Crippen LogP contribution is 2.06. The lowest BCUT2D eigenvalue weighted by atomic mass is 10.2. The Morgan fingerprint density at radius 3 is 3.00 bits per heavy atom. The van der Waals surface area contributed by atoms with Crippen LogP contribution >= 0.6 is 0 Å².